The summed E-state index contributed by atoms with van der Waals surface area (Å²) in [7, 11) is 0. The van der Waals surface area contributed by atoms with Gasteiger partial charge in [-0.25, -0.2) is 9.97 Å². The molecule has 5 heteroatoms. The normalized spacial score (nSPS) is 10.5. The third-order valence-electron chi connectivity index (χ3n) is 4.01. The summed E-state index contributed by atoms with van der Waals surface area (Å²) in [5.41, 5.74) is 3.31. The van der Waals surface area contributed by atoms with Crippen molar-refractivity contribution in [1.82, 2.24) is 9.97 Å². The number of aliphatic hydroxyl groups excluding tert-OH is 1. The Labute approximate surface area is 152 Å². The molecule has 0 fully saturated rings. The molecule has 2 N–H and O–H groups in total. The first-order valence-corrected chi connectivity index (χ1v) is 8.39. The minimum atomic E-state index is 0.0299. The van der Waals surface area contributed by atoms with Gasteiger partial charge in [-0.05, 0) is 42.3 Å². The summed E-state index contributed by atoms with van der Waals surface area (Å²) < 4.78 is 0. The van der Waals surface area contributed by atoms with Gasteiger partial charge in [0.05, 0.1) is 5.52 Å². The van der Waals surface area contributed by atoms with Crippen molar-refractivity contribution in [2.45, 2.75) is 19.3 Å². The Morgan fingerprint density at radius 2 is 2.08 bits per heavy atom. The van der Waals surface area contributed by atoms with Crippen molar-refractivity contribution < 1.29 is 9.90 Å². The number of aliphatic hydroxyl groups is 1. The molecule has 0 atom stereocenters. The highest BCUT2D eigenvalue weighted by Gasteiger charge is 2.08. The standard InChI is InChI=1S/C21H19N3O2/c1-2-15-5-3-6-17(11-15)24-21-19-13-16(12-18(26)7-4-10-25)8-9-20(19)22-14-23-21/h1,3,5-6,8-9,11,13-14,25H,4,7,10,12H2,(H,22,23,24). The lowest BCUT2D eigenvalue weighted by molar-refractivity contribution is -0.118. The van der Waals surface area contributed by atoms with Crippen molar-refractivity contribution in [1.29, 1.82) is 0 Å². The number of benzene rings is 2. The number of terminal acetylenes is 1. The molecule has 0 amide bonds. The van der Waals surface area contributed by atoms with Crippen LogP contribution in [0, 0.1) is 12.3 Å². The quantitative estimate of drug-likeness (QED) is 0.643. The number of hydrogen-bond donors (Lipinski definition) is 2. The Hall–Kier alpha value is -3.23. The fraction of sp³-hybridized carbons (Fsp3) is 0.190. The Morgan fingerprint density at radius 1 is 1.19 bits per heavy atom. The van der Waals surface area contributed by atoms with Gasteiger partial charge < -0.3 is 10.4 Å². The summed E-state index contributed by atoms with van der Waals surface area (Å²) in [5, 5.41) is 13.0. The minimum Gasteiger partial charge on any atom is -0.396 e. The van der Waals surface area contributed by atoms with Gasteiger partial charge in [0.2, 0.25) is 0 Å². The zero-order chi connectivity index (χ0) is 18.4. The van der Waals surface area contributed by atoms with Crippen molar-refractivity contribution in [3.63, 3.8) is 0 Å². The van der Waals surface area contributed by atoms with Crippen molar-refractivity contribution in [3.05, 3.63) is 59.9 Å². The van der Waals surface area contributed by atoms with Gasteiger partial charge in [0.1, 0.15) is 17.9 Å². The molecule has 5 nitrogen and oxygen atoms in total. The highest BCUT2D eigenvalue weighted by Crippen LogP contribution is 2.24. The van der Waals surface area contributed by atoms with Gasteiger partial charge in [0.15, 0.2) is 0 Å². The van der Waals surface area contributed by atoms with E-state index in [2.05, 4.69) is 21.2 Å². The lowest BCUT2D eigenvalue weighted by Gasteiger charge is -2.10. The van der Waals surface area contributed by atoms with Crippen LogP contribution in [0.5, 0.6) is 0 Å². The van der Waals surface area contributed by atoms with E-state index in [9.17, 15) is 4.79 Å². The van der Waals surface area contributed by atoms with E-state index in [0.29, 0.717) is 25.1 Å². The molecule has 0 aliphatic heterocycles. The van der Waals surface area contributed by atoms with E-state index in [1.807, 2.05) is 42.5 Å². The van der Waals surface area contributed by atoms with Crippen LogP contribution in [-0.4, -0.2) is 27.5 Å². The molecule has 0 spiro atoms. The molecule has 2 aromatic carbocycles. The monoisotopic (exact) mass is 345 g/mol. The number of rotatable bonds is 7. The first kappa shape index (κ1) is 17.6. The molecule has 0 radical (unpaired) electrons. The average molecular weight is 345 g/mol. The van der Waals surface area contributed by atoms with Gasteiger partial charge in [-0.1, -0.05) is 18.1 Å². The first-order valence-electron chi connectivity index (χ1n) is 8.39. The average Bonchev–Trinajstić information content (AvgIpc) is 2.67. The second kappa shape index (κ2) is 8.24. The lowest BCUT2D eigenvalue weighted by atomic mass is 10.0. The predicted molar refractivity (Wildman–Crippen MR) is 102 cm³/mol. The Balaban J connectivity index is 1.89. The van der Waals surface area contributed by atoms with Gasteiger partial charge in [-0.2, -0.15) is 0 Å². The largest absolute Gasteiger partial charge is 0.396 e. The topological polar surface area (TPSA) is 75.1 Å². The fourth-order valence-corrected chi connectivity index (χ4v) is 2.73. The SMILES string of the molecule is C#Cc1cccc(Nc2ncnc3ccc(CC(=O)CCCO)cc23)c1. The Kier molecular flexibility index (Phi) is 5.57. The second-order valence-corrected chi connectivity index (χ2v) is 5.97. The number of anilines is 2. The van der Waals surface area contributed by atoms with Crippen LogP contribution >= 0.6 is 0 Å². The highest BCUT2D eigenvalue weighted by atomic mass is 16.3. The number of aromatic nitrogens is 2. The van der Waals surface area contributed by atoms with Crippen LogP contribution in [0.2, 0.25) is 0 Å². The van der Waals surface area contributed by atoms with Crippen LogP contribution in [0.15, 0.2) is 48.8 Å². The third kappa shape index (κ3) is 4.24. The van der Waals surface area contributed by atoms with Gasteiger partial charge in [0, 0.05) is 36.1 Å². The van der Waals surface area contributed by atoms with Crippen molar-refractivity contribution in [2.75, 3.05) is 11.9 Å². The highest BCUT2D eigenvalue weighted by molar-refractivity contribution is 5.92. The number of nitrogens with zero attached hydrogens (tertiary/aromatic N) is 2. The third-order valence-corrected chi connectivity index (χ3v) is 4.01. The molecule has 3 aromatic rings. The molecule has 1 heterocycles. The summed E-state index contributed by atoms with van der Waals surface area (Å²) in [6.45, 7) is 0.0299. The maximum absolute atomic E-state index is 12.0. The van der Waals surface area contributed by atoms with E-state index in [0.717, 1.165) is 27.7 Å². The smallest absolute Gasteiger partial charge is 0.141 e. The van der Waals surface area contributed by atoms with E-state index in [1.54, 1.807) is 0 Å². The summed E-state index contributed by atoms with van der Waals surface area (Å²) in [5.74, 6) is 3.37. The molecule has 1 aromatic heterocycles. The zero-order valence-corrected chi connectivity index (χ0v) is 14.3. The molecule has 0 saturated heterocycles. The van der Waals surface area contributed by atoms with E-state index in [4.69, 9.17) is 11.5 Å². The molecule has 3 rings (SSSR count). The van der Waals surface area contributed by atoms with E-state index in [-0.39, 0.29) is 12.4 Å². The number of Topliss-reactive ketones (excluding diaryl/α,β-unsaturated/α-hetero) is 1. The summed E-state index contributed by atoms with van der Waals surface area (Å²) in [6.07, 6.45) is 8.16. The van der Waals surface area contributed by atoms with Crippen LogP contribution in [0.3, 0.4) is 0 Å². The van der Waals surface area contributed by atoms with Crippen LogP contribution in [0.25, 0.3) is 10.9 Å². The fourth-order valence-electron chi connectivity index (χ4n) is 2.73. The van der Waals surface area contributed by atoms with Crippen molar-refractivity contribution >= 4 is 28.2 Å². The van der Waals surface area contributed by atoms with E-state index in [1.165, 1.54) is 6.33 Å². The maximum Gasteiger partial charge on any atom is 0.141 e. The number of hydrogen-bond acceptors (Lipinski definition) is 5. The lowest BCUT2D eigenvalue weighted by Crippen LogP contribution is -2.04. The Morgan fingerprint density at radius 3 is 2.88 bits per heavy atom. The van der Waals surface area contributed by atoms with Gasteiger partial charge in [-0.15, -0.1) is 6.42 Å². The van der Waals surface area contributed by atoms with E-state index >= 15 is 0 Å². The molecule has 0 aliphatic rings. The van der Waals surface area contributed by atoms with Gasteiger partial charge in [-0.3, -0.25) is 4.79 Å². The van der Waals surface area contributed by atoms with Crippen LogP contribution in [0.1, 0.15) is 24.0 Å². The number of fused-ring (bicyclic) bond motifs is 1. The van der Waals surface area contributed by atoms with Crippen LogP contribution < -0.4 is 5.32 Å². The predicted octanol–water partition coefficient (Wildman–Crippen LogP) is 3.24. The second-order valence-electron chi connectivity index (χ2n) is 5.97. The van der Waals surface area contributed by atoms with E-state index < -0.39 is 0 Å². The zero-order valence-electron chi connectivity index (χ0n) is 14.3. The number of carbonyl (C=O) groups excluding carboxylic acids is 1. The molecular weight excluding hydrogens is 326 g/mol. The number of ketones is 1. The summed E-state index contributed by atoms with van der Waals surface area (Å²) >= 11 is 0. The molecule has 26 heavy (non-hydrogen) atoms. The number of nitrogens with one attached hydrogen (secondary N) is 1. The molecular formula is C21H19N3O2. The van der Waals surface area contributed by atoms with Gasteiger partial charge in [0.25, 0.3) is 0 Å². The molecule has 0 saturated carbocycles. The Bertz CT molecular complexity index is 976. The summed E-state index contributed by atoms with van der Waals surface area (Å²) in [4.78, 5) is 20.6. The first-order chi connectivity index (χ1) is 12.7. The maximum atomic E-state index is 12.0. The van der Waals surface area contributed by atoms with Crippen molar-refractivity contribution in [3.8, 4) is 12.3 Å². The number of carbonyl (C=O) groups is 1. The molecule has 0 aliphatic carbocycles. The van der Waals surface area contributed by atoms with Crippen LogP contribution in [-0.2, 0) is 11.2 Å². The summed E-state index contributed by atoms with van der Waals surface area (Å²) in [6, 6.07) is 13.2. The van der Waals surface area contributed by atoms with Crippen molar-refractivity contribution in [2.24, 2.45) is 0 Å². The molecule has 0 bridgehead atoms. The minimum absolute atomic E-state index is 0.0299. The molecule has 0 unspecified atom stereocenters. The van der Waals surface area contributed by atoms with Crippen LogP contribution in [0.4, 0.5) is 11.5 Å². The molecule has 130 valence electrons. The van der Waals surface area contributed by atoms with Gasteiger partial charge >= 0.3 is 0 Å².